The number of benzene rings is 1. The summed E-state index contributed by atoms with van der Waals surface area (Å²) in [5.74, 6) is -1.22. The number of nitrogens with one attached hydrogen (secondary N) is 1. The standard InChI is InChI=1S/C14H13F2N3O3/c1-9-6-14(18-8-13(9)19(20)21)17-4-5-22-10-2-3-11(15)12(16)7-10/h2-3,6-8H,4-5H2,1H3,(H,17,18). The summed E-state index contributed by atoms with van der Waals surface area (Å²) in [6.45, 7) is 2.16. The lowest BCUT2D eigenvalue weighted by Crippen LogP contribution is -2.12. The van der Waals surface area contributed by atoms with Crippen LogP contribution in [0.15, 0.2) is 30.5 Å². The summed E-state index contributed by atoms with van der Waals surface area (Å²) in [6.07, 6.45) is 1.17. The summed E-state index contributed by atoms with van der Waals surface area (Å²) in [6, 6.07) is 4.82. The molecular formula is C14H13F2N3O3. The molecule has 0 unspecified atom stereocenters. The molecule has 1 aromatic carbocycles. The van der Waals surface area contributed by atoms with E-state index in [1.165, 1.54) is 12.3 Å². The highest BCUT2D eigenvalue weighted by molar-refractivity contribution is 5.46. The van der Waals surface area contributed by atoms with Gasteiger partial charge in [0, 0.05) is 11.6 Å². The summed E-state index contributed by atoms with van der Waals surface area (Å²) < 4.78 is 31.0. The van der Waals surface area contributed by atoms with Gasteiger partial charge in [-0.25, -0.2) is 13.8 Å². The van der Waals surface area contributed by atoms with E-state index in [-0.39, 0.29) is 18.0 Å². The predicted octanol–water partition coefficient (Wildman–Crippen LogP) is 3.07. The molecule has 0 saturated carbocycles. The van der Waals surface area contributed by atoms with Gasteiger partial charge in [0.1, 0.15) is 24.4 Å². The second kappa shape index (κ2) is 6.79. The molecule has 0 fully saturated rings. The molecule has 2 aromatic rings. The largest absolute Gasteiger partial charge is 0.492 e. The van der Waals surface area contributed by atoms with Crippen LogP contribution >= 0.6 is 0 Å². The summed E-state index contributed by atoms with van der Waals surface area (Å²) >= 11 is 0. The van der Waals surface area contributed by atoms with Crippen LogP contribution < -0.4 is 10.1 Å². The number of anilines is 1. The van der Waals surface area contributed by atoms with Crippen LogP contribution in [0.1, 0.15) is 5.56 Å². The number of nitro groups is 1. The van der Waals surface area contributed by atoms with Crippen molar-refractivity contribution in [1.82, 2.24) is 4.98 Å². The molecule has 6 nitrogen and oxygen atoms in total. The number of hydrogen-bond donors (Lipinski definition) is 1. The third-order valence-electron chi connectivity index (χ3n) is 2.85. The first-order valence-electron chi connectivity index (χ1n) is 6.40. The van der Waals surface area contributed by atoms with Gasteiger partial charge in [-0.1, -0.05) is 0 Å². The number of halogens is 2. The summed E-state index contributed by atoms with van der Waals surface area (Å²) in [7, 11) is 0. The van der Waals surface area contributed by atoms with Crippen molar-refractivity contribution in [3.8, 4) is 5.75 Å². The third kappa shape index (κ3) is 3.87. The Morgan fingerprint density at radius 1 is 1.32 bits per heavy atom. The van der Waals surface area contributed by atoms with Gasteiger partial charge in [-0.3, -0.25) is 10.1 Å². The maximum atomic E-state index is 13.0. The predicted molar refractivity (Wildman–Crippen MR) is 76.0 cm³/mol. The number of ether oxygens (including phenoxy) is 1. The molecular weight excluding hydrogens is 296 g/mol. The second-order valence-corrected chi connectivity index (χ2v) is 4.46. The number of nitrogens with zero attached hydrogens (tertiary/aromatic N) is 2. The molecule has 22 heavy (non-hydrogen) atoms. The van der Waals surface area contributed by atoms with E-state index in [0.29, 0.717) is 17.9 Å². The normalized spacial score (nSPS) is 10.3. The quantitative estimate of drug-likeness (QED) is 0.504. The van der Waals surface area contributed by atoms with Crippen molar-refractivity contribution >= 4 is 11.5 Å². The van der Waals surface area contributed by atoms with Gasteiger partial charge >= 0.3 is 0 Å². The maximum Gasteiger partial charge on any atom is 0.290 e. The van der Waals surface area contributed by atoms with E-state index in [1.54, 1.807) is 13.0 Å². The maximum absolute atomic E-state index is 13.0. The second-order valence-electron chi connectivity index (χ2n) is 4.46. The molecule has 0 aliphatic rings. The van der Waals surface area contributed by atoms with Crippen molar-refractivity contribution in [1.29, 1.82) is 0 Å². The van der Waals surface area contributed by atoms with E-state index < -0.39 is 16.6 Å². The number of rotatable bonds is 6. The van der Waals surface area contributed by atoms with Crippen LogP contribution in [-0.4, -0.2) is 23.1 Å². The van der Waals surface area contributed by atoms with E-state index in [1.807, 2.05) is 0 Å². The van der Waals surface area contributed by atoms with E-state index in [0.717, 1.165) is 12.1 Å². The van der Waals surface area contributed by atoms with Crippen LogP contribution in [0.25, 0.3) is 0 Å². The number of pyridine rings is 1. The molecule has 2 rings (SSSR count). The summed E-state index contributed by atoms with van der Waals surface area (Å²) in [5, 5.41) is 13.6. The fourth-order valence-corrected chi connectivity index (χ4v) is 1.75. The Labute approximate surface area is 124 Å². The minimum absolute atomic E-state index is 0.0522. The minimum atomic E-state index is -0.974. The minimum Gasteiger partial charge on any atom is -0.492 e. The van der Waals surface area contributed by atoms with Crippen molar-refractivity contribution in [2.24, 2.45) is 0 Å². The Balaban J connectivity index is 1.85. The topological polar surface area (TPSA) is 77.3 Å². The van der Waals surface area contributed by atoms with Crippen molar-refractivity contribution in [2.75, 3.05) is 18.5 Å². The molecule has 0 spiro atoms. The summed E-state index contributed by atoms with van der Waals surface area (Å²) in [5.41, 5.74) is 0.438. The van der Waals surface area contributed by atoms with Gasteiger partial charge in [0.05, 0.1) is 11.5 Å². The SMILES string of the molecule is Cc1cc(NCCOc2ccc(F)c(F)c2)ncc1[N+](=O)[O-]. The van der Waals surface area contributed by atoms with Gasteiger partial charge in [-0.15, -0.1) is 0 Å². The zero-order chi connectivity index (χ0) is 16.1. The summed E-state index contributed by atoms with van der Waals surface area (Å²) in [4.78, 5) is 14.1. The van der Waals surface area contributed by atoms with Gasteiger partial charge in [0.15, 0.2) is 11.6 Å². The van der Waals surface area contributed by atoms with Crippen LogP contribution in [-0.2, 0) is 0 Å². The molecule has 1 heterocycles. The lowest BCUT2D eigenvalue weighted by Gasteiger charge is -2.08. The highest BCUT2D eigenvalue weighted by Crippen LogP contribution is 2.19. The smallest absolute Gasteiger partial charge is 0.290 e. The van der Waals surface area contributed by atoms with Crippen LogP contribution in [0.2, 0.25) is 0 Å². The third-order valence-corrected chi connectivity index (χ3v) is 2.85. The van der Waals surface area contributed by atoms with Crippen LogP contribution in [0, 0.1) is 28.7 Å². The molecule has 0 aliphatic carbocycles. The monoisotopic (exact) mass is 309 g/mol. The molecule has 0 radical (unpaired) electrons. The average molecular weight is 309 g/mol. The molecule has 1 N–H and O–H groups in total. The highest BCUT2D eigenvalue weighted by atomic mass is 19.2. The van der Waals surface area contributed by atoms with E-state index in [4.69, 9.17) is 4.74 Å². The van der Waals surface area contributed by atoms with Crippen LogP contribution in [0.4, 0.5) is 20.3 Å². The molecule has 8 heteroatoms. The molecule has 116 valence electrons. The Morgan fingerprint density at radius 3 is 2.73 bits per heavy atom. The number of aryl methyl sites for hydroxylation is 1. The number of hydrogen-bond acceptors (Lipinski definition) is 5. The van der Waals surface area contributed by atoms with Crippen molar-refractivity contribution in [3.05, 3.63) is 57.8 Å². The van der Waals surface area contributed by atoms with E-state index in [9.17, 15) is 18.9 Å². The molecule has 0 saturated heterocycles. The Kier molecular flexibility index (Phi) is 4.82. The van der Waals surface area contributed by atoms with Crippen LogP contribution in [0.3, 0.4) is 0 Å². The fourth-order valence-electron chi connectivity index (χ4n) is 1.75. The van der Waals surface area contributed by atoms with Crippen LogP contribution in [0.5, 0.6) is 5.75 Å². The molecule has 0 bridgehead atoms. The van der Waals surface area contributed by atoms with Gasteiger partial charge < -0.3 is 10.1 Å². The van der Waals surface area contributed by atoms with E-state index in [2.05, 4.69) is 10.3 Å². The van der Waals surface area contributed by atoms with Gasteiger partial charge in [-0.05, 0) is 25.1 Å². The molecule has 0 amide bonds. The molecule has 0 atom stereocenters. The highest BCUT2D eigenvalue weighted by Gasteiger charge is 2.11. The van der Waals surface area contributed by atoms with Crippen molar-refractivity contribution in [2.45, 2.75) is 6.92 Å². The van der Waals surface area contributed by atoms with Crippen molar-refractivity contribution < 1.29 is 18.4 Å². The fraction of sp³-hybridized carbons (Fsp3) is 0.214. The van der Waals surface area contributed by atoms with Gasteiger partial charge in [-0.2, -0.15) is 0 Å². The van der Waals surface area contributed by atoms with Crippen molar-refractivity contribution in [3.63, 3.8) is 0 Å². The lowest BCUT2D eigenvalue weighted by atomic mass is 10.2. The van der Waals surface area contributed by atoms with E-state index >= 15 is 0 Å². The average Bonchev–Trinajstić information content (AvgIpc) is 2.47. The lowest BCUT2D eigenvalue weighted by molar-refractivity contribution is -0.385. The van der Waals surface area contributed by atoms with Gasteiger partial charge in [0.25, 0.3) is 5.69 Å². The first-order chi connectivity index (χ1) is 10.5. The molecule has 1 aromatic heterocycles. The zero-order valence-corrected chi connectivity index (χ0v) is 11.7. The Hall–Kier alpha value is -2.77. The van der Waals surface area contributed by atoms with Gasteiger partial charge in [0.2, 0.25) is 0 Å². The first kappa shape index (κ1) is 15.6. The Morgan fingerprint density at radius 2 is 2.09 bits per heavy atom. The zero-order valence-electron chi connectivity index (χ0n) is 11.7. The Bertz CT molecular complexity index is 695. The molecule has 0 aliphatic heterocycles. The first-order valence-corrected chi connectivity index (χ1v) is 6.40. The number of aromatic nitrogens is 1.